The topological polar surface area (TPSA) is 30.4 Å². The van der Waals surface area contributed by atoms with Crippen molar-refractivity contribution < 1.29 is 0 Å². The molecule has 2 nitrogen and oxygen atoms in total. The van der Waals surface area contributed by atoms with E-state index in [1.54, 1.807) is 0 Å². The van der Waals surface area contributed by atoms with Gasteiger partial charge >= 0.3 is 0 Å². The molecule has 2 aromatic heterocycles. The van der Waals surface area contributed by atoms with Gasteiger partial charge in [0.05, 0.1) is 5.69 Å². The first-order chi connectivity index (χ1) is 8.38. The Morgan fingerprint density at radius 2 is 1.71 bits per heavy atom. The summed E-state index contributed by atoms with van der Waals surface area (Å²) in [5, 5.41) is 0. The molecule has 0 unspecified atom stereocenters. The van der Waals surface area contributed by atoms with Crippen LogP contribution in [0.5, 0.6) is 0 Å². The summed E-state index contributed by atoms with van der Waals surface area (Å²) in [6.07, 6.45) is 2.08. The molecule has 17 heavy (non-hydrogen) atoms. The lowest BCUT2D eigenvalue weighted by atomic mass is 10.1. The van der Waals surface area contributed by atoms with Gasteiger partial charge in [-0.25, -0.2) is 0 Å². The van der Waals surface area contributed by atoms with Crippen molar-refractivity contribution in [3.05, 3.63) is 66.4 Å². The maximum atomic E-state index is 5.60. The van der Waals surface area contributed by atoms with Crippen molar-refractivity contribution in [2.75, 3.05) is 0 Å². The molecule has 0 saturated heterocycles. The molecule has 1 aromatic carbocycles. The monoisotopic (exact) mass is 222 g/mol. The van der Waals surface area contributed by atoms with Gasteiger partial charge in [0, 0.05) is 18.3 Å². The molecule has 3 rings (SSSR count). The highest BCUT2D eigenvalue weighted by atomic mass is 14.9. The summed E-state index contributed by atoms with van der Waals surface area (Å²) in [6, 6.07) is 18.9. The Kier molecular flexibility index (Phi) is 2.42. The number of hydrogen-bond donors (Lipinski definition) is 1. The average Bonchev–Trinajstić information content (AvgIpc) is 2.83. The second-order valence-electron chi connectivity index (χ2n) is 4.12. The highest BCUT2D eigenvalue weighted by molar-refractivity contribution is 5.67. The zero-order chi connectivity index (χ0) is 11.7. The molecule has 0 fully saturated rings. The van der Waals surface area contributed by atoms with E-state index in [1.165, 1.54) is 16.8 Å². The van der Waals surface area contributed by atoms with Crippen LogP contribution in [0, 0.1) is 0 Å². The summed E-state index contributed by atoms with van der Waals surface area (Å²) in [5.74, 6) is 0. The van der Waals surface area contributed by atoms with Crippen molar-refractivity contribution in [1.82, 2.24) is 4.40 Å². The summed E-state index contributed by atoms with van der Waals surface area (Å²) in [6.45, 7) is 0.592. The van der Waals surface area contributed by atoms with Crippen LogP contribution in [0.2, 0.25) is 0 Å². The Hall–Kier alpha value is -2.06. The molecule has 2 heteroatoms. The average molecular weight is 222 g/mol. The lowest BCUT2D eigenvalue weighted by molar-refractivity contribution is 1.07. The minimum Gasteiger partial charge on any atom is -0.326 e. The quantitative estimate of drug-likeness (QED) is 0.709. The first-order valence-electron chi connectivity index (χ1n) is 5.74. The number of nitrogens with two attached hydrogens (primary N) is 1. The molecule has 0 atom stereocenters. The molecule has 2 N–H and O–H groups in total. The third kappa shape index (κ3) is 1.73. The van der Waals surface area contributed by atoms with Crippen molar-refractivity contribution in [3.63, 3.8) is 0 Å². The van der Waals surface area contributed by atoms with Gasteiger partial charge in [0.2, 0.25) is 0 Å². The predicted molar refractivity (Wildman–Crippen MR) is 70.7 cm³/mol. The van der Waals surface area contributed by atoms with Crippen LogP contribution in [0.15, 0.2) is 60.8 Å². The fourth-order valence-corrected chi connectivity index (χ4v) is 2.10. The van der Waals surface area contributed by atoms with E-state index in [1.807, 2.05) is 6.07 Å². The van der Waals surface area contributed by atoms with E-state index in [0.717, 1.165) is 5.56 Å². The molecule has 2 heterocycles. The van der Waals surface area contributed by atoms with Crippen LogP contribution in [0.4, 0.5) is 0 Å². The molecule has 0 amide bonds. The molecule has 0 radical (unpaired) electrons. The van der Waals surface area contributed by atoms with Gasteiger partial charge in [-0.05, 0) is 35.4 Å². The lowest BCUT2D eigenvalue weighted by Crippen LogP contribution is -1.95. The van der Waals surface area contributed by atoms with Crippen LogP contribution in [0.3, 0.4) is 0 Å². The highest BCUT2D eigenvalue weighted by Gasteiger charge is 2.03. The number of benzene rings is 1. The minimum atomic E-state index is 0.592. The summed E-state index contributed by atoms with van der Waals surface area (Å²) in [5.41, 5.74) is 10.4. The maximum absolute atomic E-state index is 5.60. The molecule has 0 aliphatic heterocycles. The first-order valence-corrected chi connectivity index (χ1v) is 5.74. The largest absolute Gasteiger partial charge is 0.326 e. The second kappa shape index (κ2) is 4.07. The number of fused-ring (bicyclic) bond motifs is 1. The summed E-state index contributed by atoms with van der Waals surface area (Å²) >= 11 is 0. The van der Waals surface area contributed by atoms with E-state index in [2.05, 4.69) is 59.1 Å². The van der Waals surface area contributed by atoms with Crippen molar-refractivity contribution in [1.29, 1.82) is 0 Å². The van der Waals surface area contributed by atoms with E-state index >= 15 is 0 Å². The van der Waals surface area contributed by atoms with E-state index in [9.17, 15) is 0 Å². The van der Waals surface area contributed by atoms with Crippen LogP contribution >= 0.6 is 0 Å². The molecule has 0 aliphatic carbocycles. The normalized spacial score (nSPS) is 10.9. The fraction of sp³-hybridized carbons (Fsp3) is 0.0667. The molecule has 0 saturated carbocycles. The molecule has 3 aromatic rings. The molecule has 0 aliphatic rings. The van der Waals surface area contributed by atoms with E-state index in [4.69, 9.17) is 5.73 Å². The molecule has 84 valence electrons. The van der Waals surface area contributed by atoms with Crippen molar-refractivity contribution in [2.45, 2.75) is 6.54 Å². The molecular weight excluding hydrogens is 208 g/mol. The van der Waals surface area contributed by atoms with Crippen LogP contribution in [-0.2, 0) is 6.54 Å². The Bertz CT molecular complexity index is 635. The van der Waals surface area contributed by atoms with Crippen molar-refractivity contribution >= 4 is 5.52 Å². The third-order valence-corrected chi connectivity index (χ3v) is 3.05. The van der Waals surface area contributed by atoms with Crippen LogP contribution in [0.1, 0.15) is 5.56 Å². The van der Waals surface area contributed by atoms with E-state index in [0.29, 0.717) is 6.54 Å². The standard InChI is InChI=1S/C15H14N2/c16-11-12-4-6-13(7-5-12)15-9-8-14-3-1-2-10-17(14)15/h1-10H,11,16H2. The van der Waals surface area contributed by atoms with Crippen molar-refractivity contribution in [2.24, 2.45) is 5.73 Å². The van der Waals surface area contributed by atoms with E-state index in [-0.39, 0.29) is 0 Å². The number of pyridine rings is 1. The predicted octanol–water partition coefficient (Wildman–Crippen LogP) is 3.07. The Labute approximate surface area is 100 Å². The minimum absolute atomic E-state index is 0.592. The van der Waals surface area contributed by atoms with Gasteiger partial charge in [-0.15, -0.1) is 0 Å². The Morgan fingerprint density at radius 1 is 0.882 bits per heavy atom. The van der Waals surface area contributed by atoms with Gasteiger partial charge < -0.3 is 10.1 Å². The van der Waals surface area contributed by atoms with Gasteiger partial charge in [-0.3, -0.25) is 0 Å². The van der Waals surface area contributed by atoms with Gasteiger partial charge in [0.15, 0.2) is 0 Å². The van der Waals surface area contributed by atoms with Crippen LogP contribution in [-0.4, -0.2) is 4.40 Å². The number of aromatic nitrogens is 1. The summed E-state index contributed by atoms with van der Waals surface area (Å²) < 4.78 is 2.19. The van der Waals surface area contributed by atoms with Gasteiger partial charge in [0.25, 0.3) is 0 Å². The number of hydrogen-bond acceptors (Lipinski definition) is 1. The third-order valence-electron chi connectivity index (χ3n) is 3.05. The first kappa shape index (κ1) is 10.1. The zero-order valence-corrected chi connectivity index (χ0v) is 9.51. The van der Waals surface area contributed by atoms with Gasteiger partial charge in [0.1, 0.15) is 0 Å². The summed E-state index contributed by atoms with van der Waals surface area (Å²) in [7, 11) is 0. The molecular formula is C15H14N2. The van der Waals surface area contributed by atoms with Gasteiger partial charge in [-0.2, -0.15) is 0 Å². The van der Waals surface area contributed by atoms with Crippen LogP contribution in [0.25, 0.3) is 16.8 Å². The van der Waals surface area contributed by atoms with E-state index < -0.39 is 0 Å². The SMILES string of the molecule is NCc1ccc(-c2ccc3ccccn23)cc1. The molecule has 0 spiro atoms. The van der Waals surface area contributed by atoms with Gasteiger partial charge in [-0.1, -0.05) is 30.3 Å². The maximum Gasteiger partial charge on any atom is 0.0528 e. The summed E-state index contributed by atoms with van der Waals surface area (Å²) in [4.78, 5) is 0. The highest BCUT2D eigenvalue weighted by Crippen LogP contribution is 2.22. The zero-order valence-electron chi connectivity index (χ0n) is 9.51. The Morgan fingerprint density at radius 3 is 2.47 bits per heavy atom. The Balaban J connectivity index is 2.13. The smallest absolute Gasteiger partial charge is 0.0528 e. The number of rotatable bonds is 2. The molecule has 0 bridgehead atoms. The second-order valence-corrected chi connectivity index (χ2v) is 4.12. The van der Waals surface area contributed by atoms with Crippen molar-refractivity contribution in [3.8, 4) is 11.3 Å². The van der Waals surface area contributed by atoms with Crippen LogP contribution < -0.4 is 5.73 Å². The fourth-order valence-electron chi connectivity index (χ4n) is 2.10. The lowest BCUT2D eigenvalue weighted by Gasteiger charge is -2.04. The number of nitrogens with zero attached hydrogens (tertiary/aromatic N) is 1.